The van der Waals surface area contributed by atoms with Crippen LogP contribution in [0.15, 0.2) is 18.2 Å². The first-order valence-electron chi connectivity index (χ1n) is 7.04. The van der Waals surface area contributed by atoms with Crippen molar-refractivity contribution in [3.05, 3.63) is 29.3 Å². The van der Waals surface area contributed by atoms with E-state index >= 15 is 0 Å². The lowest BCUT2D eigenvalue weighted by molar-refractivity contribution is -0.149. The summed E-state index contributed by atoms with van der Waals surface area (Å²) in [5, 5.41) is 28.2. The van der Waals surface area contributed by atoms with Gasteiger partial charge in [-0.3, -0.25) is 4.79 Å². The summed E-state index contributed by atoms with van der Waals surface area (Å²) in [6.45, 7) is 1.00. The van der Waals surface area contributed by atoms with Crippen molar-refractivity contribution in [3.63, 3.8) is 0 Å². The lowest BCUT2D eigenvalue weighted by atomic mass is 9.81. The number of para-hydroxylation sites is 1. The van der Waals surface area contributed by atoms with Crippen molar-refractivity contribution in [2.45, 2.75) is 19.3 Å². The first-order valence-corrected chi connectivity index (χ1v) is 7.04. The van der Waals surface area contributed by atoms with Crippen molar-refractivity contribution < 1.29 is 9.90 Å². The normalized spacial score (nSPS) is 27.0. The zero-order chi connectivity index (χ0) is 15.0. The van der Waals surface area contributed by atoms with Gasteiger partial charge >= 0.3 is 5.97 Å². The number of anilines is 1. The molecule has 0 unspecified atom stereocenters. The lowest BCUT2D eigenvalue weighted by Crippen LogP contribution is -2.36. The van der Waals surface area contributed by atoms with Crippen LogP contribution in [0.4, 0.5) is 5.69 Å². The van der Waals surface area contributed by atoms with E-state index in [2.05, 4.69) is 12.1 Å². The Hall–Kier alpha value is -2.53. The molecule has 0 aromatic heterocycles. The third-order valence-corrected chi connectivity index (χ3v) is 4.89. The second-order valence-electron chi connectivity index (χ2n) is 5.86. The molecule has 1 aliphatic heterocycles. The summed E-state index contributed by atoms with van der Waals surface area (Å²) in [6, 6.07) is 9.27. The molecule has 0 amide bonds. The number of benzene rings is 1. The molecule has 0 radical (unpaired) electrons. The van der Waals surface area contributed by atoms with Gasteiger partial charge in [-0.2, -0.15) is 10.5 Å². The Morgan fingerprint density at radius 2 is 2.00 bits per heavy atom. The van der Waals surface area contributed by atoms with Gasteiger partial charge in [0.1, 0.15) is 12.1 Å². The molecule has 106 valence electrons. The van der Waals surface area contributed by atoms with E-state index in [1.54, 1.807) is 18.2 Å². The highest BCUT2D eigenvalue weighted by Gasteiger charge is 2.55. The van der Waals surface area contributed by atoms with Crippen molar-refractivity contribution in [1.29, 1.82) is 10.5 Å². The van der Waals surface area contributed by atoms with Gasteiger partial charge < -0.3 is 10.0 Å². The van der Waals surface area contributed by atoms with Gasteiger partial charge in [-0.25, -0.2) is 0 Å². The number of rotatable bonds is 2. The van der Waals surface area contributed by atoms with E-state index in [0.29, 0.717) is 36.3 Å². The quantitative estimate of drug-likeness (QED) is 0.897. The first-order chi connectivity index (χ1) is 10.1. The molecule has 0 bridgehead atoms. The number of hydrogen-bond donors (Lipinski definition) is 1. The number of hydrogen-bond acceptors (Lipinski definition) is 4. The highest BCUT2D eigenvalue weighted by atomic mass is 16.4. The second-order valence-corrected chi connectivity index (χ2v) is 5.86. The van der Waals surface area contributed by atoms with Gasteiger partial charge in [0.25, 0.3) is 0 Å². The Labute approximate surface area is 123 Å². The number of nitrogens with zero attached hydrogens (tertiary/aromatic N) is 3. The van der Waals surface area contributed by atoms with Crippen molar-refractivity contribution in [1.82, 2.24) is 0 Å². The zero-order valence-corrected chi connectivity index (χ0v) is 11.5. The van der Waals surface area contributed by atoms with E-state index in [9.17, 15) is 20.4 Å². The number of nitriles is 2. The molecular weight excluding hydrogens is 266 g/mol. The van der Waals surface area contributed by atoms with Gasteiger partial charge in [0.15, 0.2) is 0 Å². The van der Waals surface area contributed by atoms with Crippen LogP contribution in [0.3, 0.4) is 0 Å². The van der Waals surface area contributed by atoms with E-state index in [1.807, 2.05) is 4.90 Å². The van der Waals surface area contributed by atoms with Gasteiger partial charge in [0, 0.05) is 13.1 Å². The Bertz CT molecular complexity index is 653. The van der Waals surface area contributed by atoms with Gasteiger partial charge in [-0.1, -0.05) is 12.5 Å². The smallest absolute Gasteiger partial charge is 0.311 e. The van der Waals surface area contributed by atoms with E-state index in [-0.39, 0.29) is 5.92 Å². The Kier molecular flexibility index (Phi) is 3.07. The van der Waals surface area contributed by atoms with Crippen LogP contribution in [-0.4, -0.2) is 24.2 Å². The minimum absolute atomic E-state index is 0.105. The number of fused-ring (bicyclic) bond motifs is 1. The molecule has 3 rings (SSSR count). The molecule has 1 saturated heterocycles. The van der Waals surface area contributed by atoms with E-state index in [0.717, 1.165) is 12.8 Å². The van der Waals surface area contributed by atoms with Crippen LogP contribution in [0.25, 0.3) is 0 Å². The molecule has 2 fully saturated rings. The molecule has 1 aromatic rings. The second kappa shape index (κ2) is 4.79. The van der Waals surface area contributed by atoms with Gasteiger partial charge in [-0.15, -0.1) is 0 Å². The molecule has 2 aliphatic rings. The van der Waals surface area contributed by atoms with E-state index < -0.39 is 11.4 Å². The summed E-state index contributed by atoms with van der Waals surface area (Å²) in [7, 11) is 0. The third kappa shape index (κ3) is 1.86. The fourth-order valence-electron chi connectivity index (χ4n) is 3.87. The summed E-state index contributed by atoms with van der Waals surface area (Å²) >= 11 is 0. The molecule has 1 saturated carbocycles. The van der Waals surface area contributed by atoms with Crippen molar-refractivity contribution in [3.8, 4) is 12.1 Å². The Balaban J connectivity index is 2.04. The molecule has 1 aromatic carbocycles. The molecule has 1 N–H and O–H groups in total. The molecule has 1 aliphatic carbocycles. The molecule has 21 heavy (non-hydrogen) atoms. The van der Waals surface area contributed by atoms with Crippen molar-refractivity contribution >= 4 is 11.7 Å². The van der Waals surface area contributed by atoms with Crippen LogP contribution in [0.2, 0.25) is 0 Å². The minimum Gasteiger partial charge on any atom is -0.481 e. The minimum atomic E-state index is -0.750. The van der Waals surface area contributed by atoms with Crippen LogP contribution < -0.4 is 4.90 Å². The summed E-state index contributed by atoms with van der Waals surface area (Å²) in [6.07, 6.45) is 2.52. The van der Waals surface area contributed by atoms with E-state index in [1.165, 1.54) is 0 Å². The largest absolute Gasteiger partial charge is 0.481 e. The van der Waals surface area contributed by atoms with Crippen LogP contribution in [0.5, 0.6) is 0 Å². The standard InChI is InChI=1S/C16H15N3O2/c17-7-11-3-1-4-12(8-18)14(11)19-9-13-5-2-6-16(13,10-19)15(20)21/h1,3-4,13H,2,5-6,9-10H2,(H,20,21)/t13-,16+/m0/s1. The maximum absolute atomic E-state index is 11.7. The number of aliphatic carboxylic acids is 1. The maximum atomic E-state index is 11.7. The molecular formula is C16H15N3O2. The highest BCUT2D eigenvalue weighted by molar-refractivity contribution is 5.79. The number of carboxylic acid groups (broad SMARTS) is 1. The molecule has 5 heteroatoms. The average Bonchev–Trinajstić information content (AvgIpc) is 3.04. The van der Waals surface area contributed by atoms with Gasteiger partial charge in [0.2, 0.25) is 0 Å². The van der Waals surface area contributed by atoms with E-state index in [4.69, 9.17) is 0 Å². The third-order valence-electron chi connectivity index (χ3n) is 4.89. The number of carbonyl (C=O) groups is 1. The summed E-state index contributed by atoms with van der Waals surface area (Å²) in [5.74, 6) is -0.645. The Morgan fingerprint density at radius 1 is 1.33 bits per heavy atom. The predicted molar refractivity (Wildman–Crippen MR) is 75.5 cm³/mol. The van der Waals surface area contributed by atoms with Crippen molar-refractivity contribution in [2.75, 3.05) is 18.0 Å². The SMILES string of the molecule is N#Cc1cccc(C#N)c1N1C[C@@H]2CCC[C@@]2(C(=O)O)C1. The Morgan fingerprint density at radius 3 is 2.52 bits per heavy atom. The van der Waals surface area contributed by atoms with Crippen LogP contribution in [0.1, 0.15) is 30.4 Å². The van der Waals surface area contributed by atoms with Gasteiger partial charge in [0.05, 0.1) is 22.2 Å². The van der Waals surface area contributed by atoms with Gasteiger partial charge in [-0.05, 0) is 30.9 Å². The lowest BCUT2D eigenvalue weighted by Gasteiger charge is -2.25. The topological polar surface area (TPSA) is 88.1 Å². The molecule has 0 spiro atoms. The molecule has 5 nitrogen and oxygen atoms in total. The van der Waals surface area contributed by atoms with Crippen LogP contribution >= 0.6 is 0 Å². The monoisotopic (exact) mass is 281 g/mol. The number of carboxylic acids is 1. The molecule has 1 heterocycles. The summed E-state index contributed by atoms with van der Waals surface area (Å²) in [5.41, 5.74) is 0.761. The van der Waals surface area contributed by atoms with Crippen molar-refractivity contribution in [2.24, 2.45) is 11.3 Å². The van der Waals surface area contributed by atoms with Crippen LogP contribution in [-0.2, 0) is 4.79 Å². The fraction of sp³-hybridized carbons (Fsp3) is 0.438. The maximum Gasteiger partial charge on any atom is 0.311 e. The zero-order valence-electron chi connectivity index (χ0n) is 11.5. The molecule has 2 atom stereocenters. The summed E-state index contributed by atoms with van der Waals surface area (Å²) in [4.78, 5) is 13.7. The predicted octanol–water partition coefficient (Wildman–Crippen LogP) is 2.12. The summed E-state index contributed by atoms with van der Waals surface area (Å²) < 4.78 is 0. The van der Waals surface area contributed by atoms with Crippen LogP contribution in [0, 0.1) is 34.0 Å². The average molecular weight is 281 g/mol. The highest BCUT2D eigenvalue weighted by Crippen LogP contribution is 2.50. The fourth-order valence-corrected chi connectivity index (χ4v) is 3.87. The first kappa shape index (κ1) is 13.5.